The lowest BCUT2D eigenvalue weighted by atomic mass is 10.1. The molecule has 1 aliphatic heterocycles. The van der Waals surface area contributed by atoms with Crippen LogP contribution in [0.3, 0.4) is 0 Å². The summed E-state index contributed by atoms with van der Waals surface area (Å²) in [6.07, 6.45) is 5.56. The molecule has 1 aliphatic rings. The zero-order valence-electron chi connectivity index (χ0n) is 19.1. The van der Waals surface area contributed by atoms with Crippen LogP contribution in [-0.2, 0) is 24.0 Å². The van der Waals surface area contributed by atoms with Crippen molar-refractivity contribution in [1.29, 1.82) is 0 Å². The van der Waals surface area contributed by atoms with Gasteiger partial charge < -0.3 is 32.1 Å². The summed E-state index contributed by atoms with van der Waals surface area (Å²) < 4.78 is 0. The molecule has 0 saturated carbocycles. The van der Waals surface area contributed by atoms with Crippen molar-refractivity contribution in [3.8, 4) is 0 Å². The van der Waals surface area contributed by atoms with E-state index in [9.17, 15) is 29.1 Å². The highest BCUT2D eigenvalue weighted by Gasteiger charge is 2.31. The molecule has 0 aromatic carbocycles. The molecule has 4 amide bonds. The zero-order chi connectivity index (χ0) is 24.8. The molecule has 1 saturated heterocycles. The third-order valence-corrected chi connectivity index (χ3v) is 6.45. The monoisotopic (exact) mass is 505 g/mol. The first-order valence-corrected chi connectivity index (χ1v) is 13.6. The lowest BCUT2D eigenvalue weighted by molar-refractivity contribution is -0.142. The van der Waals surface area contributed by atoms with Crippen molar-refractivity contribution in [2.75, 3.05) is 30.6 Å². The minimum absolute atomic E-state index is 0.0119. The smallest absolute Gasteiger partial charge is 0.326 e. The molecule has 7 N–H and O–H groups in total. The van der Waals surface area contributed by atoms with Crippen molar-refractivity contribution < 1.29 is 29.1 Å². The Bertz CT molecular complexity index is 690. The van der Waals surface area contributed by atoms with Crippen LogP contribution >= 0.6 is 23.5 Å². The Hall–Kier alpha value is -1.99. The fourth-order valence-electron chi connectivity index (χ4n) is 3.28. The second-order valence-corrected chi connectivity index (χ2v) is 9.71. The molecule has 0 bridgehead atoms. The SMILES string of the molecule is CSCCC(NC(=O)C(CCSC)NC(=O)C(CCC(N)=O)NC(=O)C1CCCN1)C(=O)O. The number of nitrogens with two attached hydrogens (primary N) is 1. The highest BCUT2D eigenvalue weighted by atomic mass is 32.2. The standard InChI is InChI=1S/C20H35N5O6S2/c1-32-10-7-14(19(29)25-15(20(30)31)8-11-33-2)24-18(28)13(5-6-16(21)26)23-17(27)12-4-3-9-22-12/h12-15,22H,3-11H2,1-2H3,(H2,21,26)(H,23,27)(H,24,28)(H,25,29)(H,30,31). The van der Waals surface area contributed by atoms with Gasteiger partial charge in [0, 0.05) is 6.42 Å². The predicted molar refractivity (Wildman–Crippen MR) is 129 cm³/mol. The van der Waals surface area contributed by atoms with Crippen molar-refractivity contribution >= 4 is 53.1 Å². The van der Waals surface area contributed by atoms with Gasteiger partial charge in [0.2, 0.25) is 23.6 Å². The summed E-state index contributed by atoms with van der Waals surface area (Å²) in [5.74, 6) is -2.26. The van der Waals surface area contributed by atoms with Gasteiger partial charge in [-0.1, -0.05) is 0 Å². The molecular weight excluding hydrogens is 470 g/mol. The third kappa shape index (κ3) is 11.1. The summed E-state index contributed by atoms with van der Waals surface area (Å²) in [5, 5.41) is 20.2. The lowest BCUT2D eigenvalue weighted by Gasteiger charge is -2.25. The van der Waals surface area contributed by atoms with Gasteiger partial charge >= 0.3 is 5.97 Å². The molecule has 1 fully saturated rings. The molecule has 0 aromatic heterocycles. The van der Waals surface area contributed by atoms with Crippen molar-refractivity contribution in [2.24, 2.45) is 5.73 Å². The molecule has 13 heteroatoms. The topological polar surface area (TPSA) is 180 Å². The maximum Gasteiger partial charge on any atom is 0.326 e. The number of rotatable bonds is 16. The molecule has 4 unspecified atom stereocenters. The molecule has 0 spiro atoms. The molecule has 33 heavy (non-hydrogen) atoms. The van der Waals surface area contributed by atoms with Crippen LogP contribution in [0.4, 0.5) is 0 Å². The van der Waals surface area contributed by atoms with E-state index in [1.165, 1.54) is 23.5 Å². The van der Waals surface area contributed by atoms with Crippen molar-refractivity contribution in [1.82, 2.24) is 21.3 Å². The second kappa shape index (κ2) is 15.8. The molecule has 0 radical (unpaired) electrons. The number of hydrogen-bond acceptors (Lipinski definition) is 8. The van der Waals surface area contributed by atoms with Crippen LogP contribution in [0, 0.1) is 0 Å². The van der Waals surface area contributed by atoms with Crippen LogP contribution in [-0.4, -0.2) is 89.4 Å². The predicted octanol–water partition coefficient (Wildman–Crippen LogP) is -0.951. The molecule has 1 rings (SSSR count). The van der Waals surface area contributed by atoms with Crippen LogP contribution in [0.1, 0.15) is 38.5 Å². The first-order chi connectivity index (χ1) is 15.7. The number of hydrogen-bond donors (Lipinski definition) is 6. The highest BCUT2D eigenvalue weighted by molar-refractivity contribution is 7.98. The number of amides is 4. The Kier molecular flexibility index (Phi) is 13.9. The van der Waals surface area contributed by atoms with E-state index in [-0.39, 0.29) is 31.6 Å². The van der Waals surface area contributed by atoms with Crippen LogP contribution in [0.5, 0.6) is 0 Å². The molecule has 188 valence electrons. The van der Waals surface area contributed by atoms with Crippen LogP contribution in [0.2, 0.25) is 0 Å². The largest absolute Gasteiger partial charge is 0.480 e. The summed E-state index contributed by atoms with van der Waals surface area (Å²) in [7, 11) is 0. The van der Waals surface area contributed by atoms with E-state index in [0.29, 0.717) is 24.5 Å². The van der Waals surface area contributed by atoms with Gasteiger partial charge in [-0.25, -0.2) is 4.79 Å². The summed E-state index contributed by atoms with van der Waals surface area (Å²) in [5.41, 5.74) is 5.21. The number of nitrogens with one attached hydrogen (secondary N) is 4. The van der Waals surface area contributed by atoms with Crippen LogP contribution in [0.25, 0.3) is 0 Å². The fraction of sp³-hybridized carbons (Fsp3) is 0.750. The first kappa shape index (κ1) is 29.0. The first-order valence-electron chi connectivity index (χ1n) is 10.8. The summed E-state index contributed by atoms with van der Waals surface area (Å²) in [6.45, 7) is 0.703. The minimum Gasteiger partial charge on any atom is -0.480 e. The van der Waals surface area contributed by atoms with Crippen molar-refractivity contribution in [3.63, 3.8) is 0 Å². The van der Waals surface area contributed by atoms with Gasteiger partial charge in [0.1, 0.15) is 18.1 Å². The maximum atomic E-state index is 13.0. The van der Waals surface area contributed by atoms with E-state index in [4.69, 9.17) is 5.73 Å². The molecular formula is C20H35N5O6S2. The maximum absolute atomic E-state index is 13.0. The van der Waals surface area contributed by atoms with Gasteiger partial charge in [-0.05, 0) is 62.7 Å². The Labute approximate surface area is 202 Å². The highest BCUT2D eigenvalue weighted by Crippen LogP contribution is 2.09. The Morgan fingerprint density at radius 1 is 0.939 bits per heavy atom. The number of carboxylic acids is 1. The molecule has 4 atom stereocenters. The second-order valence-electron chi connectivity index (χ2n) is 7.74. The Morgan fingerprint density at radius 3 is 1.97 bits per heavy atom. The van der Waals surface area contributed by atoms with Crippen LogP contribution in [0.15, 0.2) is 0 Å². The van der Waals surface area contributed by atoms with E-state index in [0.717, 1.165) is 6.42 Å². The lowest BCUT2D eigenvalue weighted by Crippen LogP contribution is -2.57. The zero-order valence-corrected chi connectivity index (χ0v) is 20.7. The fourth-order valence-corrected chi connectivity index (χ4v) is 4.22. The summed E-state index contributed by atoms with van der Waals surface area (Å²) in [6, 6.07) is -3.53. The molecule has 0 aromatic rings. The number of aliphatic carboxylic acids is 1. The molecule has 11 nitrogen and oxygen atoms in total. The van der Waals surface area contributed by atoms with E-state index in [1.54, 1.807) is 0 Å². The van der Waals surface area contributed by atoms with Crippen LogP contribution < -0.4 is 27.0 Å². The molecule has 1 heterocycles. The average molecular weight is 506 g/mol. The van der Waals surface area contributed by atoms with Gasteiger partial charge in [0.15, 0.2) is 0 Å². The van der Waals surface area contributed by atoms with Gasteiger partial charge in [-0.3, -0.25) is 19.2 Å². The average Bonchev–Trinajstić information content (AvgIpc) is 3.31. The van der Waals surface area contributed by atoms with Gasteiger partial charge in [0.05, 0.1) is 6.04 Å². The summed E-state index contributed by atoms with van der Waals surface area (Å²) in [4.78, 5) is 61.0. The van der Waals surface area contributed by atoms with Crippen molar-refractivity contribution in [3.05, 3.63) is 0 Å². The molecule has 0 aliphatic carbocycles. The quantitative estimate of drug-likeness (QED) is 0.154. The van der Waals surface area contributed by atoms with E-state index in [1.807, 2.05) is 12.5 Å². The van der Waals surface area contributed by atoms with E-state index < -0.39 is 47.9 Å². The number of carbonyl (C=O) groups is 5. The number of thioether (sulfide) groups is 2. The van der Waals surface area contributed by atoms with E-state index >= 15 is 0 Å². The van der Waals surface area contributed by atoms with Crippen molar-refractivity contribution in [2.45, 2.75) is 62.7 Å². The normalized spacial score (nSPS) is 18.1. The number of carbonyl (C=O) groups excluding carboxylic acids is 4. The summed E-state index contributed by atoms with van der Waals surface area (Å²) >= 11 is 2.94. The number of primary amides is 1. The Morgan fingerprint density at radius 2 is 1.48 bits per heavy atom. The van der Waals surface area contributed by atoms with Gasteiger partial charge in [-0.15, -0.1) is 0 Å². The van der Waals surface area contributed by atoms with Gasteiger partial charge in [0.25, 0.3) is 0 Å². The van der Waals surface area contributed by atoms with E-state index in [2.05, 4.69) is 21.3 Å². The third-order valence-electron chi connectivity index (χ3n) is 5.16. The number of carboxylic acid groups (broad SMARTS) is 1. The van der Waals surface area contributed by atoms with Gasteiger partial charge in [-0.2, -0.15) is 23.5 Å². The minimum atomic E-state index is -1.15. The Balaban J connectivity index is 2.89.